The Kier molecular flexibility index (Phi) is 8.46. The van der Waals surface area contributed by atoms with Crippen molar-refractivity contribution in [2.75, 3.05) is 19.6 Å². The van der Waals surface area contributed by atoms with E-state index in [-0.39, 0.29) is 0 Å². The molecule has 0 aromatic rings. The second-order valence-electron chi connectivity index (χ2n) is 3.96. The predicted octanol–water partition coefficient (Wildman–Crippen LogP) is 2.01. The molecule has 0 rings (SSSR count). The quantitative estimate of drug-likeness (QED) is 0.606. The molecule has 0 saturated heterocycles. The van der Waals surface area contributed by atoms with Crippen molar-refractivity contribution in [2.45, 2.75) is 46.6 Å². The molecule has 80 valence electrons. The lowest BCUT2D eigenvalue weighted by atomic mass is 10.1. The van der Waals surface area contributed by atoms with Crippen molar-refractivity contribution in [3.8, 4) is 0 Å². The van der Waals surface area contributed by atoms with Crippen molar-refractivity contribution in [3.05, 3.63) is 0 Å². The van der Waals surface area contributed by atoms with E-state index in [0.717, 1.165) is 25.6 Å². The number of hydrogen-bond acceptors (Lipinski definition) is 2. The van der Waals surface area contributed by atoms with Crippen LogP contribution in [0.25, 0.3) is 0 Å². The van der Waals surface area contributed by atoms with E-state index in [1.165, 1.54) is 12.8 Å². The summed E-state index contributed by atoms with van der Waals surface area (Å²) in [6, 6.07) is 0.601. The molecule has 2 heteroatoms. The van der Waals surface area contributed by atoms with E-state index in [1.807, 2.05) is 0 Å². The van der Waals surface area contributed by atoms with Gasteiger partial charge in [-0.3, -0.25) is 0 Å². The van der Waals surface area contributed by atoms with Crippen LogP contribution >= 0.6 is 0 Å². The Balaban J connectivity index is 3.21. The summed E-state index contributed by atoms with van der Waals surface area (Å²) >= 11 is 0. The minimum Gasteiger partial charge on any atom is -0.315 e. The fourth-order valence-corrected chi connectivity index (χ4v) is 1.21. The van der Waals surface area contributed by atoms with Gasteiger partial charge in [0, 0.05) is 12.6 Å². The Hall–Kier alpha value is -0.0800. The van der Waals surface area contributed by atoms with Crippen LogP contribution in [0.5, 0.6) is 0 Å². The standard InChI is InChI=1S/C11H26N2/c1-5-10(3)7-8-13-11(4)9-12-6-2/h10-13H,5-9H2,1-4H3. The Morgan fingerprint density at radius 2 is 1.85 bits per heavy atom. The van der Waals surface area contributed by atoms with Gasteiger partial charge in [0.05, 0.1) is 0 Å². The Labute approximate surface area is 83.5 Å². The first-order valence-corrected chi connectivity index (χ1v) is 5.64. The maximum Gasteiger partial charge on any atom is 0.0164 e. The Bertz CT molecular complexity index is 104. The fraction of sp³-hybridized carbons (Fsp3) is 1.00. The van der Waals surface area contributed by atoms with E-state index in [0.29, 0.717) is 6.04 Å². The molecule has 0 aliphatic rings. The van der Waals surface area contributed by atoms with Gasteiger partial charge in [-0.2, -0.15) is 0 Å². The topological polar surface area (TPSA) is 24.1 Å². The minimum atomic E-state index is 0.601. The lowest BCUT2D eigenvalue weighted by Crippen LogP contribution is -2.37. The molecule has 0 aromatic carbocycles. The summed E-state index contributed by atoms with van der Waals surface area (Å²) in [5.41, 5.74) is 0. The molecule has 0 fully saturated rings. The molecule has 0 heterocycles. The van der Waals surface area contributed by atoms with Gasteiger partial charge in [-0.15, -0.1) is 0 Å². The summed E-state index contributed by atoms with van der Waals surface area (Å²) in [7, 11) is 0. The van der Waals surface area contributed by atoms with E-state index in [2.05, 4.69) is 38.3 Å². The Morgan fingerprint density at radius 3 is 2.38 bits per heavy atom. The van der Waals surface area contributed by atoms with E-state index in [9.17, 15) is 0 Å². The molecular formula is C11H26N2. The van der Waals surface area contributed by atoms with Crippen LogP contribution in [-0.2, 0) is 0 Å². The second-order valence-corrected chi connectivity index (χ2v) is 3.96. The molecule has 13 heavy (non-hydrogen) atoms. The molecule has 2 N–H and O–H groups in total. The summed E-state index contributed by atoms with van der Waals surface area (Å²) in [5.74, 6) is 0.860. The van der Waals surface area contributed by atoms with Crippen molar-refractivity contribution in [1.82, 2.24) is 10.6 Å². The summed E-state index contributed by atoms with van der Waals surface area (Å²) in [6.45, 7) is 12.3. The number of hydrogen-bond donors (Lipinski definition) is 2. The van der Waals surface area contributed by atoms with Crippen molar-refractivity contribution in [2.24, 2.45) is 5.92 Å². The van der Waals surface area contributed by atoms with Crippen LogP contribution in [0.4, 0.5) is 0 Å². The first-order chi connectivity index (χ1) is 6.20. The summed E-state index contributed by atoms with van der Waals surface area (Å²) in [5, 5.41) is 6.86. The Morgan fingerprint density at radius 1 is 1.15 bits per heavy atom. The highest BCUT2D eigenvalue weighted by molar-refractivity contribution is 4.64. The first-order valence-electron chi connectivity index (χ1n) is 5.64. The molecule has 0 amide bonds. The minimum absolute atomic E-state index is 0.601. The van der Waals surface area contributed by atoms with E-state index in [1.54, 1.807) is 0 Å². The van der Waals surface area contributed by atoms with Gasteiger partial charge in [-0.1, -0.05) is 27.2 Å². The van der Waals surface area contributed by atoms with E-state index >= 15 is 0 Å². The molecule has 0 aromatic heterocycles. The predicted molar refractivity (Wildman–Crippen MR) is 60.1 cm³/mol. The molecule has 0 aliphatic heterocycles. The van der Waals surface area contributed by atoms with Crippen molar-refractivity contribution < 1.29 is 0 Å². The molecule has 2 atom stereocenters. The van der Waals surface area contributed by atoms with Gasteiger partial charge in [0.15, 0.2) is 0 Å². The third-order valence-corrected chi connectivity index (χ3v) is 2.53. The van der Waals surface area contributed by atoms with E-state index < -0.39 is 0 Å². The highest BCUT2D eigenvalue weighted by atomic mass is 15.0. The zero-order valence-corrected chi connectivity index (χ0v) is 9.69. The van der Waals surface area contributed by atoms with Gasteiger partial charge in [0.2, 0.25) is 0 Å². The van der Waals surface area contributed by atoms with Crippen molar-refractivity contribution >= 4 is 0 Å². The molecule has 0 radical (unpaired) electrons. The highest BCUT2D eigenvalue weighted by Gasteiger charge is 2.01. The molecule has 2 nitrogen and oxygen atoms in total. The maximum atomic E-state index is 3.52. The van der Waals surface area contributed by atoms with Crippen LogP contribution in [0.15, 0.2) is 0 Å². The van der Waals surface area contributed by atoms with Crippen molar-refractivity contribution in [3.63, 3.8) is 0 Å². The zero-order valence-electron chi connectivity index (χ0n) is 9.69. The number of nitrogens with one attached hydrogen (secondary N) is 2. The molecular weight excluding hydrogens is 160 g/mol. The third kappa shape index (κ3) is 8.26. The van der Waals surface area contributed by atoms with Gasteiger partial charge >= 0.3 is 0 Å². The molecule has 2 unspecified atom stereocenters. The molecule has 0 saturated carbocycles. The fourth-order valence-electron chi connectivity index (χ4n) is 1.21. The van der Waals surface area contributed by atoms with Gasteiger partial charge in [0.25, 0.3) is 0 Å². The summed E-state index contributed by atoms with van der Waals surface area (Å²) in [6.07, 6.45) is 2.59. The zero-order chi connectivity index (χ0) is 10.1. The smallest absolute Gasteiger partial charge is 0.0164 e. The highest BCUT2D eigenvalue weighted by Crippen LogP contribution is 2.04. The van der Waals surface area contributed by atoms with Crippen LogP contribution < -0.4 is 10.6 Å². The van der Waals surface area contributed by atoms with Crippen LogP contribution in [0.1, 0.15) is 40.5 Å². The summed E-state index contributed by atoms with van der Waals surface area (Å²) < 4.78 is 0. The van der Waals surface area contributed by atoms with Gasteiger partial charge in [-0.25, -0.2) is 0 Å². The van der Waals surface area contributed by atoms with Gasteiger partial charge < -0.3 is 10.6 Å². The molecule has 0 spiro atoms. The average molecular weight is 186 g/mol. The van der Waals surface area contributed by atoms with E-state index in [4.69, 9.17) is 0 Å². The molecule has 0 bridgehead atoms. The molecule has 0 aliphatic carbocycles. The first kappa shape index (κ1) is 12.9. The normalized spacial score (nSPS) is 15.7. The number of likely N-dealkylation sites (N-methyl/N-ethyl adjacent to an activating group) is 1. The monoisotopic (exact) mass is 186 g/mol. The van der Waals surface area contributed by atoms with Gasteiger partial charge in [0.1, 0.15) is 0 Å². The third-order valence-electron chi connectivity index (χ3n) is 2.53. The lowest BCUT2D eigenvalue weighted by Gasteiger charge is -2.15. The van der Waals surface area contributed by atoms with Crippen LogP contribution in [0.2, 0.25) is 0 Å². The van der Waals surface area contributed by atoms with Crippen LogP contribution in [-0.4, -0.2) is 25.7 Å². The summed E-state index contributed by atoms with van der Waals surface area (Å²) in [4.78, 5) is 0. The van der Waals surface area contributed by atoms with Crippen molar-refractivity contribution in [1.29, 1.82) is 0 Å². The number of rotatable bonds is 8. The largest absolute Gasteiger partial charge is 0.315 e. The van der Waals surface area contributed by atoms with Crippen LogP contribution in [0, 0.1) is 5.92 Å². The lowest BCUT2D eigenvalue weighted by molar-refractivity contribution is 0.446. The van der Waals surface area contributed by atoms with Gasteiger partial charge in [-0.05, 0) is 32.4 Å². The van der Waals surface area contributed by atoms with Crippen LogP contribution in [0.3, 0.4) is 0 Å². The SMILES string of the molecule is CCNCC(C)NCCC(C)CC. The maximum absolute atomic E-state index is 3.52. The second kappa shape index (κ2) is 8.52. The average Bonchev–Trinajstić information content (AvgIpc) is 2.14.